The summed E-state index contributed by atoms with van der Waals surface area (Å²) in [6.07, 6.45) is 0. The highest BCUT2D eigenvalue weighted by Gasteiger charge is 2.27. The summed E-state index contributed by atoms with van der Waals surface area (Å²) in [6.45, 7) is 8.61. The van der Waals surface area contributed by atoms with E-state index in [0.717, 1.165) is 0 Å². The summed E-state index contributed by atoms with van der Waals surface area (Å²) in [6, 6.07) is 0. The lowest BCUT2D eigenvalue weighted by atomic mass is 9.66. The number of H-pyrrole nitrogens is 2. The molecule has 0 spiro atoms. The number of rotatable bonds is 0. The predicted molar refractivity (Wildman–Crippen MR) is 64.5 cm³/mol. The van der Waals surface area contributed by atoms with E-state index in [1.807, 2.05) is 0 Å². The summed E-state index contributed by atoms with van der Waals surface area (Å²) in [4.78, 5) is 6.92. The van der Waals surface area contributed by atoms with E-state index < -0.39 is 0 Å². The Bertz CT molecular complexity index is 510. The second-order valence-corrected chi connectivity index (χ2v) is 4.47. The van der Waals surface area contributed by atoms with Crippen LogP contribution in [0.25, 0.3) is 11.4 Å². The molecule has 1 aliphatic heterocycles. The Kier molecular flexibility index (Phi) is 1.54. The fourth-order valence-corrected chi connectivity index (χ4v) is 2.38. The van der Waals surface area contributed by atoms with Crippen molar-refractivity contribution in [2.24, 2.45) is 0 Å². The van der Waals surface area contributed by atoms with Crippen molar-refractivity contribution in [1.29, 1.82) is 0 Å². The predicted octanol–water partition coefficient (Wildman–Crippen LogP) is 1.21. The zero-order valence-corrected chi connectivity index (χ0v) is 9.58. The van der Waals surface area contributed by atoms with E-state index in [-0.39, 0.29) is 0 Å². The third-order valence-electron chi connectivity index (χ3n) is 3.64. The Morgan fingerprint density at radius 1 is 0.733 bits per heavy atom. The van der Waals surface area contributed by atoms with Crippen LogP contribution < -0.4 is 10.9 Å². The molecule has 2 aromatic heterocycles. The van der Waals surface area contributed by atoms with E-state index in [1.54, 1.807) is 0 Å². The van der Waals surface area contributed by atoms with Crippen molar-refractivity contribution in [2.45, 2.75) is 27.7 Å². The van der Waals surface area contributed by atoms with Crippen LogP contribution in [0.3, 0.4) is 0 Å². The number of nitrogens with one attached hydrogen (secondary N) is 2. The molecule has 2 N–H and O–H groups in total. The molecule has 0 aromatic carbocycles. The molecule has 0 saturated carbocycles. The van der Waals surface area contributed by atoms with Crippen molar-refractivity contribution in [2.75, 3.05) is 0 Å². The van der Waals surface area contributed by atoms with Crippen LogP contribution in [0, 0.1) is 27.7 Å². The maximum absolute atomic E-state index is 3.46. The van der Waals surface area contributed by atoms with Crippen molar-refractivity contribution in [3.05, 3.63) is 22.5 Å². The molecule has 0 aliphatic carbocycles. The van der Waals surface area contributed by atoms with Crippen molar-refractivity contribution in [1.82, 2.24) is 9.97 Å². The van der Waals surface area contributed by atoms with Crippen LogP contribution >= 0.6 is 0 Å². The number of aromatic amines is 2. The fourth-order valence-electron chi connectivity index (χ4n) is 2.38. The second-order valence-electron chi connectivity index (χ2n) is 4.47. The number of hydrogen-bond donors (Lipinski definition) is 2. The molecule has 0 unspecified atom stereocenters. The van der Waals surface area contributed by atoms with Crippen LogP contribution in [0.4, 0.5) is 0 Å². The molecule has 3 heterocycles. The number of aromatic nitrogens is 2. The molecule has 2 aromatic rings. The largest absolute Gasteiger partial charge is 0.358 e. The Balaban J connectivity index is 2.30. The second kappa shape index (κ2) is 2.60. The first-order chi connectivity index (χ1) is 7.09. The summed E-state index contributed by atoms with van der Waals surface area (Å²) in [5, 5.41) is 0. The first-order valence-electron chi connectivity index (χ1n) is 5.33. The van der Waals surface area contributed by atoms with Crippen LogP contribution in [0.1, 0.15) is 22.5 Å². The lowest BCUT2D eigenvalue weighted by Gasteiger charge is -1.95. The van der Waals surface area contributed by atoms with Gasteiger partial charge >= 0.3 is 0 Å². The van der Waals surface area contributed by atoms with E-state index in [0.29, 0.717) is 0 Å². The average molecular weight is 197 g/mol. The van der Waals surface area contributed by atoms with Gasteiger partial charge in [0, 0.05) is 11.4 Å². The molecule has 75 valence electrons. The topological polar surface area (TPSA) is 31.6 Å². The summed E-state index contributed by atoms with van der Waals surface area (Å²) in [5.41, 5.74) is 10.5. The minimum absolute atomic E-state index is 1.26. The minimum atomic E-state index is 1.26. The van der Waals surface area contributed by atoms with Crippen molar-refractivity contribution in [3.63, 3.8) is 0 Å². The quantitative estimate of drug-likeness (QED) is 0.507. The highest BCUT2D eigenvalue weighted by Crippen LogP contribution is 2.23. The first kappa shape index (κ1) is 8.90. The first-order valence-corrected chi connectivity index (χ1v) is 5.33. The van der Waals surface area contributed by atoms with Gasteiger partial charge in [-0.2, -0.15) is 0 Å². The van der Waals surface area contributed by atoms with E-state index >= 15 is 0 Å². The van der Waals surface area contributed by atoms with Gasteiger partial charge in [-0.25, -0.2) is 0 Å². The molecule has 3 heteroatoms. The Labute approximate surface area is 90.3 Å². The molecule has 0 bridgehead atoms. The lowest BCUT2D eigenvalue weighted by Crippen LogP contribution is -2.23. The SMILES string of the molecule is Cc1[nH]c2c(c1C)[B]c1c-2[nH]c(C)c1C. The van der Waals surface area contributed by atoms with E-state index in [9.17, 15) is 0 Å². The van der Waals surface area contributed by atoms with Gasteiger partial charge in [0.1, 0.15) is 0 Å². The summed E-state index contributed by atoms with van der Waals surface area (Å²) >= 11 is 0. The number of fused-ring (bicyclic) bond motifs is 3. The molecule has 15 heavy (non-hydrogen) atoms. The Hall–Kier alpha value is -1.38. The molecule has 0 saturated heterocycles. The van der Waals surface area contributed by atoms with Crippen molar-refractivity contribution in [3.8, 4) is 11.4 Å². The summed E-state index contributed by atoms with van der Waals surface area (Å²) in [7, 11) is 2.29. The highest BCUT2D eigenvalue weighted by atomic mass is 14.8. The van der Waals surface area contributed by atoms with Gasteiger partial charge in [0.15, 0.2) is 7.28 Å². The maximum atomic E-state index is 3.46. The maximum Gasteiger partial charge on any atom is 0.198 e. The van der Waals surface area contributed by atoms with Crippen LogP contribution in [-0.2, 0) is 0 Å². The Morgan fingerprint density at radius 3 is 1.53 bits per heavy atom. The molecule has 1 radical (unpaired) electrons. The zero-order chi connectivity index (χ0) is 10.7. The Morgan fingerprint density at radius 2 is 1.13 bits per heavy atom. The van der Waals surface area contributed by atoms with Gasteiger partial charge in [-0.05, 0) is 38.8 Å². The van der Waals surface area contributed by atoms with E-state index in [1.165, 1.54) is 44.8 Å². The van der Waals surface area contributed by atoms with E-state index in [4.69, 9.17) is 0 Å². The average Bonchev–Trinajstić information content (AvgIpc) is 2.75. The molecule has 3 rings (SSSR count). The third kappa shape index (κ3) is 0.955. The van der Waals surface area contributed by atoms with Crippen LogP contribution in [0.15, 0.2) is 0 Å². The van der Waals surface area contributed by atoms with E-state index in [2.05, 4.69) is 44.9 Å². The molecule has 2 nitrogen and oxygen atoms in total. The molecule has 0 fully saturated rings. The van der Waals surface area contributed by atoms with Crippen LogP contribution in [0.2, 0.25) is 0 Å². The monoisotopic (exact) mass is 197 g/mol. The third-order valence-corrected chi connectivity index (χ3v) is 3.64. The normalized spacial score (nSPS) is 12.5. The summed E-state index contributed by atoms with van der Waals surface area (Å²) < 4.78 is 0. The number of aryl methyl sites for hydroxylation is 2. The van der Waals surface area contributed by atoms with Crippen LogP contribution in [0.5, 0.6) is 0 Å². The molecule has 0 atom stereocenters. The number of hydrogen-bond acceptors (Lipinski definition) is 0. The molecule has 1 aliphatic rings. The van der Waals surface area contributed by atoms with Gasteiger partial charge in [0.2, 0.25) is 0 Å². The fraction of sp³-hybridized carbons (Fsp3) is 0.333. The van der Waals surface area contributed by atoms with Gasteiger partial charge in [-0.1, -0.05) is 10.9 Å². The van der Waals surface area contributed by atoms with Crippen molar-refractivity contribution < 1.29 is 0 Å². The minimum Gasteiger partial charge on any atom is -0.358 e. The summed E-state index contributed by atoms with van der Waals surface area (Å²) in [5.74, 6) is 0. The smallest absolute Gasteiger partial charge is 0.198 e. The van der Waals surface area contributed by atoms with Gasteiger partial charge in [-0.3, -0.25) is 0 Å². The zero-order valence-electron chi connectivity index (χ0n) is 9.58. The standard InChI is InChI=1S/C12H14BN2/c1-5-7(3)14-11-9(5)13-10-6(2)8(4)15-12(10)11/h14-15H,1-4H3. The van der Waals surface area contributed by atoms with Crippen LogP contribution in [-0.4, -0.2) is 17.2 Å². The van der Waals surface area contributed by atoms with Gasteiger partial charge < -0.3 is 9.97 Å². The van der Waals surface area contributed by atoms with Crippen molar-refractivity contribution >= 4 is 18.2 Å². The molecular weight excluding hydrogens is 183 g/mol. The lowest BCUT2D eigenvalue weighted by molar-refractivity contribution is 1.20. The van der Waals surface area contributed by atoms with Gasteiger partial charge in [0.05, 0.1) is 11.4 Å². The molecular formula is C12H14BN2. The highest BCUT2D eigenvalue weighted by molar-refractivity contribution is 6.74. The van der Waals surface area contributed by atoms with Gasteiger partial charge in [0.25, 0.3) is 0 Å². The van der Waals surface area contributed by atoms with Gasteiger partial charge in [-0.15, -0.1) is 0 Å². The molecule has 0 amide bonds.